The lowest BCUT2D eigenvalue weighted by molar-refractivity contribution is 0.102. The molecule has 0 bridgehead atoms. The maximum Gasteiger partial charge on any atom is 0.257 e. The third-order valence-corrected chi connectivity index (χ3v) is 2.96. The molecule has 0 spiro atoms. The van der Waals surface area contributed by atoms with E-state index in [0.29, 0.717) is 11.4 Å². The Morgan fingerprint density at radius 1 is 1.30 bits per heavy atom. The molecule has 0 aliphatic heterocycles. The smallest absolute Gasteiger partial charge is 0.257 e. The van der Waals surface area contributed by atoms with E-state index >= 15 is 0 Å². The highest BCUT2D eigenvalue weighted by Crippen LogP contribution is 2.13. The summed E-state index contributed by atoms with van der Waals surface area (Å²) in [6, 6.07) is 9.09. The Morgan fingerprint density at radius 3 is 2.85 bits per heavy atom. The van der Waals surface area contributed by atoms with Gasteiger partial charge in [0.25, 0.3) is 5.91 Å². The summed E-state index contributed by atoms with van der Waals surface area (Å²) < 4.78 is 0. The lowest BCUT2D eigenvalue weighted by Gasteiger charge is -2.09. The fraction of sp³-hybridized carbons (Fsp3) is 0.214. The third kappa shape index (κ3) is 3.76. The first-order valence-electron chi connectivity index (χ1n) is 6.23. The van der Waals surface area contributed by atoms with E-state index in [9.17, 15) is 4.79 Å². The molecule has 0 fully saturated rings. The summed E-state index contributed by atoms with van der Waals surface area (Å²) in [5, 5.41) is 5.89. The highest BCUT2D eigenvalue weighted by Gasteiger charge is 2.11. The van der Waals surface area contributed by atoms with Gasteiger partial charge in [-0.2, -0.15) is 0 Å². The number of nitrogens with zero attached hydrogens (tertiary/aromatic N) is 2. The minimum absolute atomic E-state index is 0.103. The minimum atomic E-state index is -0.202. The van der Waals surface area contributed by atoms with E-state index in [1.54, 1.807) is 12.1 Å². The van der Waals surface area contributed by atoms with Crippen LogP contribution in [0.2, 0.25) is 5.28 Å². The van der Waals surface area contributed by atoms with Gasteiger partial charge in [0.2, 0.25) is 5.28 Å². The first-order chi connectivity index (χ1) is 9.70. The van der Waals surface area contributed by atoms with Crippen LogP contribution in [0.1, 0.15) is 15.9 Å². The predicted octanol–water partition coefficient (Wildman–Crippen LogP) is 2.14. The SMILES string of the molecule is CNCCc1ccccc1C(=O)Nc1ccnc(Cl)n1. The third-order valence-electron chi connectivity index (χ3n) is 2.77. The maximum absolute atomic E-state index is 12.3. The normalized spacial score (nSPS) is 10.3. The highest BCUT2D eigenvalue weighted by molar-refractivity contribution is 6.28. The lowest BCUT2D eigenvalue weighted by Crippen LogP contribution is -2.17. The second kappa shape index (κ2) is 6.98. The molecule has 2 N–H and O–H groups in total. The number of nitrogens with one attached hydrogen (secondary N) is 2. The molecule has 0 atom stereocenters. The van der Waals surface area contributed by atoms with E-state index in [0.717, 1.165) is 18.5 Å². The number of likely N-dealkylation sites (N-methyl/N-ethyl adjacent to an activating group) is 1. The Labute approximate surface area is 122 Å². The number of benzene rings is 1. The first-order valence-corrected chi connectivity index (χ1v) is 6.61. The van der Waals surface area contributed by atoms with Crippen molar-refractivity contribution in [2.75, 3.05) is 18.9 Å². The molecule has 0 unspecified atom stereocenters. The van der Waals surface area contributed by atoms with Gasteiger partial charge in [-0.3, -0.25) is 4.79 Å². The van der Waals surface area contributed by atoms with Gasteiger partial charge < -0.3 is 10.6 Å². The number of hydrogen-bond acceptors (Lipinski definition) is 4. The van der Waals surface area contributed by atoms with Crippen molar-refractivity contribution in [3.05, 3.63) is 52.9 Å². The van der Waals surface area contributed by atoms with Crippen molar-refractivity contribution in [2.24, 2.45) is 0 Å². The molecule has 5 nitrogen and oxygen atoms in total. The number of amides is 1. The molecule has 1 amide bonds. The Hall–Kier alpha value is -1.98. The summed E-state index contributed by atoms with van der Waals surface area (Å²) in [6.07, 6.45) is 2.28. The number of hydrogen-bond donors (Lipinski definition) is 2. The second-order valence-corrected chi connectivity index (χ2v) is 4.51. The first kappa shape index (κ1) is 14.4. The number of aromatic nitrogens is 2. The van der Waals surface area contributed by atoms with Gasteiger partial charge in [-0.25, -0.2) is 9.97 Å². The summed E-state index contributed by atoms with van der Waals surface area (Å²) >= 11 is 5.69. The summed E-state index contributed by atoms with van der Waals surface area (Å²) in [7, 11) is 1.88. The second-order valence-electron chi connectivity index (χ2n) is 4.18. The van der Waals surface area contributed by atoms with Crippen molar-refractivity contribution in [1.29, 1.82) is 0 Å². The molecule has 0 radical (unpaired) electrons. The Morgan fingerprint density at radius 2 is 2.10 bits per heavy atom. The number of carbonyl (C=O) groups excluding carboxylic acids is 1. The Bertz CT molecular complexity index is 603. The molecule has 0 aliphatic rings. The van der Waals surface area contributed by atoms with Gasteiger partial charge in [0, 0.05) is 11.8 Å². The van der Waals surface area contributed by atoms with Crippen molar-refractivity contribution in [3.63, 3.8) is 0 Å². The monoisotopic (exact) mass is 290 g/mol. The van der Waals surface area contributed by atoms with Gasteiger partial charge >= 0.3 is 0 Å². The van der Waals surface area contributed by atoms with Crippen LogP contribution in [0.15, 0.2) is 36.5 Å². The Kier molecular flexibility index (Phi) is 5.03. The summed E-state index contributed by atoms with van der Waals surface area (Å²) in [5.74, 6) is 0.185. The van der Waals surface area contributed by atoms with Gasteiger partial charge in [-0.1, -0.05) is 18.2 Å². The average Bonchev–Trinajstić information content (AvgIpc) is 2.45. The molecule has 6 heteroatoms. The van der Waals surface area contributed by atoms with Crippen molar-refractivity contribution >= 4 is 23.3 Å². The van der Waals surface area contributed by atoms with Crippen LogP contribution in [0.5, 0.6) is 0 Å². The van der Waals surface area contributed by atoms with Crippen LogP contribution in [0.3, 0.4) is 0 Å². The highest BCUT2D eigenvalue weighted by atomic mass is 35.5. The summed E-state index contributed by atoms with van der Waals surface area (Å²) in [5.41, 5.74) is 1.62. The van der Waals surface area contributed by atoms with Crippen LogP contribution in [0, 0.1) is 0 Å². The standard InChI is InChI=1S/C14H15ClN4O/c1-16-8-6-10-4-2-3-5-11(10)13(20)18-12-7-9-17-14(15)19-12/h2-5,7,9,16H,6,8H2,1H3,(H,17,18,19,20). The maximum atomic E-state index is 12.3. The molecular weight excluding hydrogens is 276 g/mol. The molecule has 1 heterocycles. The zero-order valence-electron chi connectivity index (χ0n) is 11.1. The van der Waals surface area contributed by atoms with Gasteiger partial charge in [0.05, 0.1) is 0 Å². The summed E-state index contributed by atoms with van der Waals surface area (Å²) in [4.78, 5) is 20.0. The van der Waals surface area contributed by atoms with Crippen molar-refractivity contribution in [2.45, 2.75) is 6.42 Å². The van der Waals surface area contributed by atoms with E-state index in [2.05, 4.69) is 20.6 Å². The topological polar surface area (TPSA) is 66.9 Å². The van der Waals surface area contributed by atoms with Crippen LogP contribution < -0.4 is 10.6 Å². The van der Waals surface area contributed by atoms with E-state index in [4.69, 9.17) is 11.6 Å². The molecule has 0 saturated carbocycles. The molecule has 2 aromatic rings. The largest absolute Gasteiger partial charge is 0.319 e. The number of anilines is 1. The average molecular weight is 291 g/mol. The van der Waals surface area contributed by atoms with Crippen molar-refractivity contribution in [3.8, 4) is 0 Å². The molecule has 1 aromatic heterocycles. The van der Waals surface area contributed by atoms with Gasteiger partial charge in [0.1, 0.15) is 5.82 Å². The number of carbonyl (C=O) groups is 1. The van der Waals surface area contributed by atoms with Crippen molar-refractivity contribution in [1.82, 2.24) is 15.3 Å². The van der Waals surface area contributed by atoms with Crippen LogP contribution in [-0.4, -0.2) is 29.5 Å². The fourth-order valence-electron chi connectivity index (χ4n) is 1.81. The van der Waals surface area contributed by atoms with E-state index in [1.807, 2.05) is 25.2 Å². The fourth-order valence-corrected chi connectivity index (χ4v) is 1.96. The van der Waals surface area contributed by atoms with Crippen LogP contribution in [0.4, 0.5) is 5.82 Å². The van der Waals surface area contributed by atoms with Gasteiger partial charge in [0.15, 0.2) is 0 Å². The Balaban J connectivity index is 2.16. The predicted molar refractivity (Wildman–Crippen MR) is 79.1 cm³/mol. The van der Waals surface area contributed by atoms with E-state index < -0.39 is 0 Å². The minimum Gasteiger partial charge on any atom is -0.319 e. The lowest BCUT2D eigenvalue weighted by atomic mass is 10.0. The number of halogens is 1. The van der Waals surface area contributed by atoms with Gasteiger partial charge in [-0.15, -0.1) is 0 Å². The van der Waals surface area contributed by atoms with Crippen LogP contribution in [0.25, 0.3) is 0 Å². The molecule has 0 aliphatic carbocycles. The van der Waals surface area contributed by atoms with Gasteiger partial charge in [-0.05, 0) is 49.3 Å². The quantitative estimate of drug-likeness (QED) is 0.828. The number of rotatable bonds is 5. The van der Waals surface area contributed by atoms with Crippen molar-refractivity contribution < 1.29 is 4.79 Å². The van der Waals surface area contributed by atoms with Crippen LogP contribution in [-0.2, 0) is 6.42 Å². The van der Waals surface area contributed by atoms with E-state index in [1.165, 1.54) is 6.20 Å². The van der Waals surface area contributed by atoms with Crippen LogP contribution >= 0.6 is 11.6 Å². The molecule has 104 valence electrons. The molecule has 2 rings (SSSR count). The molecular formula is C14H15ClN4O. The zero-order chi connectivity index (χ0) is 14.4. The van der Waals surface area contributed by atoms with E-state index in [-0.39, 0.29) is 11.2 Å². The summed E-state index contributed by atoms with van der Waals surface area (Å²) in [6.45, 7) is 0.809. The molecule has 0 saturated heterocycles. The molecule has 1 aromatic carbocycles. The molecule has 20 heavy (non-hydrogen) atoms. The zero-order valence-corrected chi connectivity index (χ0v) is 11.8.